The number of methoxy groups -OCH3 is 1. The van der Waals surface area contributed by atoms with E-state index in [-0.39, 0.29) is 18.2 Å². The molecule has 6 atom stereocenters. The molecule has 4 rings (SSSR count). The number of rotatable bonds is 6. The summed E-state index contributed by atoms with van der Waals surface area (Å²) in [6.45, 7) is 7.25. The number of morpholine rings is 1. The monoisotopic (exact) mass is 391 g/mol. The van der Waals surface area contributed by atoms with Gasteiger partial charge in [0.25, 0.3) is 0 Å². The first kappa shape index (κ1) is 20.0. The molecule has 1 aliphatic carbocycles. The van der Waals surface area contributed by atoms with Gasteiger partial charge in [-0.2, -0.15) is 0 Å². The third-order valence-corrected chi connectivity index (χ3v) is 6.18. The van der Waals surface area contributed by atoms with Crippen LogP contribution in [0.25, 0.3) is 0 Å². The SMILES string of the molecule is COC[C@H](C)OC1CCC2NNC(c3cc(N4CCOC[C@H]4C)ncn3)C2C1. The van der Waals surface area contributed by atoms with Crippen LogP contribution in [0, 0.1) is 5.92 Å². The summed E-state index contributed by atoms with van der Waals surface area (Å²) in [5.74, 6) is 1.45. The Morgan fingerprint density at radius 1 is 1.32 bits per heavy atom. The van der Waals surface area contributed by atoms with Gasteiger partial charge in [-0.05, 0) is 33.1 Å². The molecule has 1 aromatic rings. The Hall–Kier alpha value is -1.32. The minimum absolute atomic E-state index is 0.126. The molecule has 3 aliphatic rings. The third kappa shape index (κ3) is 4.31. The number of nitrogens with one attached hydrogen (secondary N) is 2. The zero-order chi connectivity index (χ0) is 19.5. The lowest BCUT2D eigenvalue weighted by molar-refractivity contribution is -0.0623. The lowest BCUT2D eigenvalue weighted by atomic mass is 9.79. The first-order valence-electron chi connectivity index (χ1n) is 10.5. The van der Waals surface area contributed by atoms with E-state index >= 15 is 0 Å². The molecule has 0 amide bonds. The van der Waals surface area contributed by atoms with Gasteiger partial charge in [0.1, 0.15) is 12.1 Å². The number of hydrogen-bond acceptors (Lipinski definition) is 8. The lowest BCUT2D eigenvalue weighted by Crippen LogP contribution is -2.44. The molecule has 4 unspecified atom stereocenters. The van der Waals surface area contributed by atoms with Crippen molar-refractivity contribution in [1.82, 2.24) is 20.8 Å². The minimum Gasteiger partial charge on any atom is -0.382 e. The predicted octanol–water partition coefficient (Wildman–Crippen LogP) is 1.44. The van der Waals surface area contributed by atoms with Crippen molar-refractivity contribution in [2.75, 3.05) is 38.4 Å². The Kier molecular flexibility index (Phi) is 6.42. The molecular weight excluding hydrogens is 358 g/mol. The molecule has 3 fully saturated rings. The van der Waals surface area contributed by atoms with E-state index in [2.05, 4.69) is 45.6 Å². The summed E-state index contributed by atoms with van der Waals surface area (Å²) in [7, 11) is 1.72. The predicted molar refractivity (Wildman–Crippen MR) is 106 cm³/mol. The molecule has 28 heavy (non-hydrogen) atoms. The highest BCUT2D eigenvalue weighted by atomic mass is 16.5. The number of hydrazine groups is 1. The maximum atomic E-state index is 6.22. The van der Waals surface area contributed by atoms with Gasteiger partial charge in [-0.1, -0.05) is 0 Å². The molecule has 2 saturated heterocycles. The summed E-state index contributed by atoms with van der Waals surface area (Å²) in [5, 5.41) is 0. The lowest BCUT2D eigenvalue weighted by Gasteiger charge is -2.35. The molecule has 156 valence electrons. The first-order chi connectivity index (χ1) is 13.7. The summed E-state index contributed by atoms with van der Waals surface area (Å²) in [4.78, 5) is 11.5. The van der Waals surface area contributed by atoms with Crippen LogP contribution in [0.1, 0.15) is 44.8 Å². The number of fused-ring (bicyclic) bond motifs is 1. The van der Waals surface area contributed by atoms with E-state index in [0.717, 1.165) is 50.5 Å². The Morgan fingerprint density at radius 3 is 3.04 bits per heavy atom. The van der Waals surface area contributed by atoms with Crippen molar-refractivity contribution in [2.45, 2.75) is 63.4 Å². The molecule has 1 saturated carbocycles. The number of anilines is 1. The molecule has 0 bridgehead atoms. The van der Waals surface area contributed by atoms with Crippen LogP contribution in [0.2, 0.25) is 0 Å². The summed E-state index contributed by atoms with van der Waals surface area (Å²) >= 11 is 0. The van der Waals surface area contributed by atoms with Gasteiger partial charge < -0.3 is 19.1 Å². The van der Waals surface area contributed by atoms with Crippen molar-refractivity contribution in [3.8, 4) is 0 Å². The summed E-state index contributed by atoms with van der Waals surface area (Å²) in [6, 6.07) is 3.10. The maximum absolute atomic E-state index is 6.22. The molecule has 0 aromatic carbocycles. The van der Waals surface area contributed by atoms with Crippen molar-refractivity contribution in [2.24, 2.45) is 5.92 Å². The number of nitrogens with zero attached hydrogens (tertiary/aromatic N) is 3. The largest absolute Gasteiger partial charge is 0.382 e. The second-order valence-electron chi connectivity index (χ2n) is 8.29. The minimum atomic E-state index is 0.126. The number of aromatic nitrogens is 2. The maximum Gasteiger partial charge on any atom is 0.132 e. The van der Waals surface area contributed by atoms with E-state index < -0.39 is 0 Å². The summed E-state index contributed by atoms with van der Waals surface area (Å²) < 4.78 is 17.0. The highest BCUT2D eigenvalue weighted by Gasteiger charge is 2.42. The molecule has 1 aromatic heterocycles. The van der Waals surface area contributed by atoms with Crippen molar-refractivity contribution in [1.29, 1.82) is 0 Å². The van der Waals surface area contributed by atoms with Crippen LogP contribution in [-0.2, 0) is 14.2 Å². The van der Waals surface area contributed by atoms with E-state index in [1.807, 2.05) is 0 Å². The Balaban J connectivity index is 1.46. The topological polar surface area (TPSA) is 80.8 Å². The first-order valence-corrected chi connectivity index (χ1v) is 10.5. The van der Waals surface area contributed by atoms with Crippen molar-refractivity contribution >= 4 is 5.82 Å². The second-order valence-corrected chi connectivity index (χ2v) is 8.29. The van der Waals surface area contributed by atoms with Crippen molar-refractivity contribution in [3.63, 3.8) is 0 Å². The fourth-order valence-electron chi connectivity index (χ4n) is 4.79. The molecule has 2 N–H and O–H groups in total. The van der Waals surface area contributed by atoms with Gasteiger partial charge in [0.2, 0.25) is 0 Å². The molecule has 0 spiro atoms. The van der Waals surface area contributed by atoms with Gasteiger partial charge in [0.05, 0.1) is 49.8 Å². The normalized spacial score (nSPS) is 34.2. The summed E-state index contributed by atoms with van der Waals surface area (Å²) in [6.07, 6.45) is 5.31. The second kappa shape index (κ2) is 9.00. The Labute approximate surface area is 167 Å². The smallest absolute Gasteiger partial charge is 0.132 e. The van der Waals surface area contributed by atoms with E-state index in [4.69, 9.17) is 14.2 Å². The van der Waals surface area contributed by atoms with Crippen LogP contribution in [-0.4, -0.2) is 67.7 Å². The van der Waals surface area contributed by atoms with Gasteiger partial charge >= 0.3 is 0 Å². The number of hydrogen-bond donors (Lipinski definition) is 2. The van der Waals surface area contributed by atoms with E-state index in [1.165, 1.54) is 0 Å². The Morgan fingerprint density at radius 2 is 2.21 bits per heavy atom. The standard InChI is InChI=1S/C20H33N5O3/c1-13-10-27-7-6-25(13)19-9-18(21-12-22-19)20-16-8-15(28-14(2)11-26-3)4-5-17(16)23-24-20/h9,12-17,20,23-24H,4-8,10-11H2,1-3H3/t13-,14+,15?,16?,17?,20?/m1/s1. The highest BCUT2D eigenvalue weighted by Crippen LogP contribution is 2.39. The molecule has 0 radical (unpaired) electrons. The molecule has 3 heterocycles. The highest BCUT2D eigenvalue weighted by molar-refractivity contribution is 5.41. The van der Waals surface area contributed by atoms with E-state index in [0.29, 0.717) is 24.6 Å². The average Bonchev–Trinajstić information content (AvgIpc) is 3.12. The van der Waals surface area contributed by atoms with Gasteiger partial charge in [-0.15, -0.1) is 0 Å². The third-order valence-electron chi connectivity index (χ3n) is 6.18. The number of ether oxygens (including phenoxy) is 3. The fourth-order valence-corrected chi connectivity index (χ4v) is 4.79. The Bertz CT molecular complexity index is 648. The zero-order valence-electron chi connectivity index (χ0n) is 17.1. The summed E-state index contributed by atoms with van der Waals surface area (Å²) in [5.41, 5.74) is 8.03. The molecule has 2 aliphatic heterocycles. The van der Waals surface area contributed by atoms with Crippen LogP contribution in [0.3, 0.4) is 0 Å². The van der Waals surface area contributed by atoms with Crippen LogP contribution < -0.4 is 15.8 Å². The molecule has 8 nitrogen and oxygen atoms in total. The van der Waals surface area contributed by atoms with Gasteiger partial charge in [0, 0.05) is 31.7 Å². The van der Waals surface area contributed by atoms with Gasteiger partial charge in [0.15, 0.2) is 0 Å². The van der Waals surface area contributed by atoms with E-state index in [1.54, 1.807) is 13.4 Å². The fraction of sp³-hybridized carbons (Fsp3) is 0.800. The quantitative estimate of drug-likeness (QED) is 0.754. The van der Waals surface area contributed by atoms with E-state index in [9.17, 15) is 0 Å². The van der Waals surface area contributed by atoms with Gasteiger partial charge in [-0.3, -0.25) is 5.43 Å². The zero-order valence-corrected chi connectivity index (χ0v) is 17.1. The average molecular weight is 392 g/mol. The van der Waals surface area contributed by atoms with Crippen LogP contribution >= 0.6 is 0 Å². The van der Waals surface area contributed by atoms with Crippen molar-refractivity contribution in [3.05, 3.63) is 18.1 Å². The van der Waals surface area contributed by atoms with Crippen molar-refractivity contribution < 1.29 is 14.2 Å². The molecule has 8 heteroatoms. The van der Waals surface area contributed by atoms with Gasteiger partial charge in [-0.25, -0.2) is 15.4 Å². The van der Waals surface area contributed by atoms with Crippen LogP contribution in [0.5, 0.6) is 0 Å². The van der Waals surface area contributed by atoms with Crippen LogP contribution in [0.15, 0.2) is 12.4 Å². The molecular formula is C20H33N5O3. The van der Waals surface area contributed by atoms with Crippen LogP contribution in [0.4, 0.5) is 5.82 Å².